The van der Waals surface area contributed by atoms with E-state index < -0.39 is 0 Å². The summed E-state index contributed by atoms with van der Waals surface area (Å²) in [6, 6.07) is 10.5. The second-order valence-corrected chi connectivity index (χ2v) is 5.38. The highest BCUT2D eigenvalue weighted by atomic mass is 127. The summed E-state index contributed by atoms with van der Waals surface area (Å²) in [6.07, 6.45) is 3.15. The average Bonchev–Trinajstić information content (AvgIpc) is 2.38. The Balaban J connectivity index is 0.00000361. The smallest absolute Gasteiger partial charge is 0.330 e. The van der Waals surface area contributed by atoms with E-state index in [9.17, 15) is 4.79 Å². The van der Waals surface area contributed by atoms with Crippen molar-refractivity contribution in [3.05, 3.63) is 48.6 Å². The highest BCUT2D eigenvalue weighted by molar-refractivity contribution is 5.81. The minimum Gasteiger partial charge on any atom is -1.00 e. The molecule has 112 valence electrons. The van der Waals surface area contributed by atoms with Crippen molar-refractivity contribution >= 4 is 5.97 Å². The van der Waals surface area contributed by atoms with Crippen molar-refractivity contribution in [3.8, 4) is 0 Å². The molecule has 0 aliphatic carbocycles. The Morgan fingerprint density at radius 1 is 1.25 bits per heavy atom. The van der Waals surface area contributed by atoms with Crippen LogP contribution in [0.4, 0.5) is 0 Å². The van der Waals surface area contributed by atoms with E-state index in [2.05, 4.69) is 44.9 Å². The van der Waals surface area contributed by atoms with Crippen LogP contribution in [0.1, 0.15) is 18.4 Å². The standard InChI is InChI=1S/C16H24NO2.HI/c1-4-16(18)19-13-9-8-12-17(2,3)14-15-10-6-5-7-11-15;/h4-7,10-11H,1,8-9,12-14H2,2-3H3;1H/q+1;/p-1. The molecule has 0 unspecified atom stereocenters. The van der Waals surface area contributed by atoms with Crippen molar-refractivity contribution in [2.75, 3.05) is 27.2 Å². The molecule has 0 atom stereocenters. The maximum Gasteiger partial charge on any atom is 0.330 e. The molecule has 1 aromatic carbocycles. The van der Waals surface area contributed by atoms with E-state index in [0.717, 1.165) is 30.4 Å². The van der Waals surface area contributed by atoms with Crippen molar-refractivity contribution in [2.45, 2.75) is 19.4 Å². The molecule has 0 saturated heterocycles. The van der Waals surface area contributed by atoms with Gasteiger partial charge in [-0.1, -0.05) is 36.9 Å². The first-order valence-corrected chi connectivity index (χ1v) is 6.68. The summed E-state index contributed by atoms with van der Waals surface area (Å²) in [5.41, 5.74) is 1.35. The summed E-state index contributed by atoms with van der Waals surface area (Å²) >= 11 is 0. The maximum absolute atomic E-state index is 10.9. The minimum atomic E-state index is -0.335. The Labute approximate surface area is 139 Å². The normalized spacial score (nSPS) is 10.5. The van der Waals surface area contributed by atoms with Gasteiger partial charge in [-0.05, 0) is 12.8 Å². The number of carbonyl (C=O) groups is 1. The molecule has 0 amide bonds. The van der Waals surface area contributed by atoms with Gasteiger partial charge in [-0.25, -0.2) is 4.79 Å². The van der Waals surface area contributed by atoms with Crippen molar-refractivity contribution in [1.82, 2.24) is 0 Å². The lowest BCUT2D eigenvalue weighted by Gasteiger charge is -2.30. The third kappa shape index (κ3) is 8.32. The van der Waals surface area contributed by atoms with E-state index in [1.165, 1.54) is 11.6 Å². The summed E-state index contributed by atoms with van der Waals surface area (Å²) in [6.45, 7) is 5.94. The zero-order chi connectivity index (χ0) is 14.1. The molecular weight excluding hydrogens is 365 g/mol. The van der Waals surface area contributed by atoms with Crippen LogP contribution >= 0.6 is 0 Å². The van der Waals surface area contributed by atoms with Crippen LogP contribution in [0.25, 0.3) is 0 Å². The number of carbonyl (C=O) groups excluding carboxylic acids is 1. The lowest BCUT2D eigenvalue weighted by Crippen LogP contribution is -3.00. The number of rotatable bonds is 8. The molecule has 0 spiro atoms. The number of nitrogens with zero attached hydrogens (tertiary/aromatic N) is 1. The Hall–Kier alpha value is -0.880. The summed E-state index contributed by atoms with van der Waals surface area (Å²) in [5.74, 6) is -0.335. The van der Waals surface area contributed by atoms with Crippen molar-refractivity contribution < 1.29 is 38.0 Å². The van der Waals surface area contributed by atoms with Crippen LogP contribution in [0, 0.1) is 0 Å². The predicted molar refractivity (Wildman–Crippen MR) is 77.5 cm³/mol. The van der Waals surface area contributed by atoms with Crippen LogP contribution in [-0.4, -0.2) is 37.7 Å². The molecule has 3 nitrogen and oxygen atoms in total. The fraction of sp³-hybridized carbons (Fsp3) is 0.438. The lowest BCUT2D eigenvalue weighted by molar-refractivity contribution is -0.903. The summed E-state index contributed by atoms with van der Waals surface area (Å²) < 4.78 is 5.90. The molecule has 4 heteroatoms. The van der Waals surface area contributed by atoms with Gasteiger partial charge >= 0.3 is 5.97 Å². The molecule has 1 rings (SSSR count). The largest absolute Gasteiger partial charge is 1.00 e. The monoisotopic (exact) mass is 389 g/mol. The third-order valence-electron chi connectivity index (χ3n) is 3.02. The van der Waals surface area contributed by atoms with E-state index in [1.807, 2.05) is 6.07 Å². The first-order valence-electron chi connectivity index (χ1n) is 6.68. The number of hydrogen-bond donors (Lipinski definition) is 0. The summed E-state index contributed by atoms with van der Waals surface area (Å²) in [7, 11) is 4.45. The molecule has 0 radical (unpaired) electrons. The second kappa shape index (κ2) is 9.94. The molecule has 0 fully saturated rings. The number of quaternary nitrogens is 1. The Bertz CT molecular complexity index is 404. The number of hydrogen-bond acceptors (Lipinski definition) is 2. The molecule has 0 aromatic heterocycles. The fourth-order valence-electron chi connectivity index (χ4n) is 2.03. The topological polar surface area (TPSA) is 26.3 Å². The highest BCUT2D eigenvalue weighted by Gasteiger charge is 2.15. The summed E-state index contributed by atoms with van der Waals surface area (Å²) in [4.78, 5) is 10.9. The molecule has 0 bridgehead atoms. The van der Waals surface area contributed by atoms with Gasteiger partial charge in [0.2, 0.25) is 0 Å². The van der Waals surface area contributed by atoms with E-state index in [4.69, 9.17) is 4.74 Å². The van der Waals surface area contributed by atoms with Crippen molar-refractivity contribution in [2.24, 2.45) is 0 Å². The van der Waals surface area contributed by atoms with Crippen molar-refractivity contribution in [3.63, 3.8) is 0 Å². The minimum absolute atomic E-state index is 0. The van der Waals surface area contributed by atoms with Gasteiger partial charge in [0, 0.05) is 11.6 Å². The van der Waals surface area contributed by atoms with Gasteiger partial charge in [0.1, 0.15) is 6.54 Å². The number of ether oxygens (including phenoxy) is 1. The highest BCUT2D eigenvalue weighted by Crippen LogP contribution is 2.10. The van der Waals surface area contributed by atoms with E-state index in [0.29, 0.717) is 6.61 Å². The van der Waals surface area contributed by atoms with E-state index in [1.54, 1.807) is 0 Å². The van der Waals surface area contributed by atoms with Crippen LogP contribution in [0.5, 0.6) is 0 Å². The zero-order valence-corrected chi connectivity index (χ0v) is 14.5. The SMILES string of the molecule is C=CC(=O)OCCCC[N+](C)(C)Cc1ccccc1.[I-]. The van der Waals surface area contributed by atoms with Crippen LogP contribution in [0.3, 0.4) is 0 Å². The maximum atomic E-state index is 10.9. The quantitative estimate of drug-likeness (QED) is 0.202. The zero-order valence-electron chi connectivity index (χ0n) is 12.3. The molecule has 0 aliphatic heterocycles. The van der Waals surface area contributed by atoms with E-state index >= 15 is 0 Å². The van der Waals surface area contributed by atoms with Crippen molar-refractivity contribution in [1.29, 1.82) is 0 Å². The van der Waals surface area contributed by atoms with Gasteiger partial charge in [0.05, 0.1) is 27.2 Å². The molecule has 0 heterocycles. The first kappa shape index (κ1) is 19.1. The van der Waals surface area contributed by atoms with Gasteiger partial charge in [0.25, 0.3) is 0 Å². The van der Waals surface area contributed by atoms with Crippen LogP contribution in [0.15, 0.2) is 43.0 Å². The Morgan fingerprint density at radius 2 is 1.90 bits per heavy atom. The molecule has 0 aliphatic rings. The number of halogens is 1. The average molecular weight is 389 g/mol. The molecule has 0 saturated carbocycles. The predicted octanol–water partition coefficient (Wildman–Crippen LogP) is -0.224. The van der Waals surface area contributed by atoms with Gasteiger partial charge in [0.15, 0.2) is 0 Å². The molecular formula is C16H24INO2. The van der Waals surface area contributed by atoms with E-state index in [-0.39, 0.29) is 29.9 Å². The fourth-order valence-corrected chi connectivity index (χ4v) is 2.03. The van der Waals surface area contributed by atoms with Gasteiger partial charge in [-0.15, -0.1) is 0 Å². The first-order chi connectivity index (χ1) is 9.03. The second-order valence-electron chi connectivity index (χ2n) is 5.38. The van der Waals surface area contributed by atoms with Gasteiger partial charge < -0.3 is 33.2 Å². The van der Waals surface area contributed by atoms with Crippen LogP contribution < -0.4 is 24.0 Å². The van der Waals surface area contributed by atoms with Gasteiger partial charge in [-0.2, -0.15) is 0 Å². The lowest BCUT2D eigenvalue weighted by atomic mass is 10.2. The molecule has 1 aromatic rings. The third-order valence-corrected chi connectivity index (χ3v) is 3.02. The number of benzene rings is 1. The summed E-state index contributed by atoms with van der Waals surface area (Å²) in [5, 5.41) is 0. The van der Waals surface area contributed by atoms with Gasteiger partial charge in [-0.3, -0.25) is 0 Å². The number of esters is 1. The van der Waals surface area contributed by atoms with Crippen LogP contribution in [0.2, 0.25) is 0 Å². The Morgan fingerprint density at radius 3 is 2.50 bits per heavy atom. The van der Waals surface area contributed by atoms with Crippen LogP contribution in [-0.2, 0) is 16.1 Å². The molecule has 0 N–H and O–H groups in total. The number of unbranched alkanes of at least 4 members (excludes halogenated alkanes) is 1. The Kier molecular flexibility index (Phi) is 9.50. The molecule has 20 heavy (non-hydrogen) atoms.